The van der Waals surface area contributed by atoms with Crippen molar-refractivity contribution >= 4 is 0 Å². The van der Waals surface area contributed by atoms with Crippen molar-refractivity contribution in [2.45, 2.75) is 27.2 Å². The molecule has 0 aliphatic heterocycles. The van der Waals surface area contributed by atoms with Crippen LogP contribution in [0.3, 0.4) is 0 Å². The third kappa shape index (κ3) is 5.14. The Morgan fingerprint density at radius 2 is 1.24 bits per heavy atom. The van der Waals surface area contributed by atoms with Crippen LogP contribution in [0.5, 0.6) is 11.5 Å². The van der Waals surface area contributed by atoms with Gasteiger partial charge in [0.2, 0.25) is 0 Å². The van der Waals surface area contributed by atoms with E-state index in [1.54, 1.807) is 0 Å². The summed E-state index contributed by atoms with van der Waals surface area (Å²) in [4.78, 5) is 0. The second kappa shape index (κ2) is 7.72. The molecule has 0 spiro atoms. The lowest BCUT2D eigenvalue weighted by Crippen LogP contribution is -2.04. The fraction of sp³-hybridized carbons (Fsp3) is 0.368. The first-order valence-corrected chi connectivity index (χ1v) is 7.61. The molecular weight excluding hydrogens is 260 g/mol. The fourth-order valence-electron chi connectivity index (χ4n) is 2.07. The largest absolute Gasteiger partial charge is 0.494 e. The molecule has 0 saturated carbocycles. The Kier molecular flexibility index (Phi) is 5.68. The number of rotatable bonds is 7. The molecule has 0 heterocycles. The molecule has 0 aromatic heterocycles. The average molecular weight is 284 g/mol. The van der Waals surface area contributed by atoms with Crippen LogP contribution in [-0.2, 0) is 6.42 Å². The van der Waals surface area contributed by atoms with Crippen LogP contribution < -0.4 is 9.47 Å². The molecule has 0 fully saturated rings. The maximum Gasteiger partial charge on any atom is 0.119 e. The first-order chi connectivity index (χ1) is 10.2. The molecule has 0 aliphatic rings. The Morgan fingerprint density at radius 1 is 0.762 bits per heavy atom. The molecule has 0 N–H and O–H groups in total. The van der Waals surface area contributed by atoms with Crippen LogP contribution >= 0.6 is 0 Å². The normalized spacial score (nSPS) is 10.7. The zero-order chi connectivity index (χ0) is 15.1. The van der Waals surface area contributed by atoms with Gasteiger partial charge in [-0.25, -0.2) is 0 Å². The Balaban J connectivity index is 1.93. The van der Waals surface area contributed by atoms with Crippen LogP contribution in [0.1, 0.15) is 31.9 Å². The predicted molar refractivity (Wildman–Crippen MR) is 87.2 cm³/mol. The SMILES string of the molecule is CCOc1ccc(Cc2ccc(OCC(C)C)cc2)cc1. The highest BCUT2D eigenvalue weighted by Crippen LogP contribution is 2.18. The number of hydrogen-bond donors (Lipinski definition) is 0. The van der Waals surface area contributed by atoms with Gasteiger partial charge in [-0.1, -0.05) is 38.1 Å². The van der Waals surface area contributed by atoms with Gasteiger partial charge in [-0.2, -0.15) is 0 Å². The highest BCUT2D eigenvalue weighted by Gasteiger charge is 2.00. The Morgan fingerprint density at radius 3 is 1.67 bits per heavy atom. The van der Waals surface area contributed by atoms with Gasteiger partial charge in [0.05, 0.1) is 13.2 Å². The molecule has 2 rings (SSSR count). The molecule has 0 saturated heterocycles. The summed E-state index contributed by atoms with van der Waals surface area (Å²) < 4.78 is 11.2. The first kappa shape index (κ1) is 15.4. The molecule has 2 nitrogen and oxygen atoms in total. The summed E-state index contributed by atoms with van der Waals surface area (Å²) >= 11 is 0. The smallest absolute Gasteiger partial charge is 0.119 e. The highest BCUT2D eigenvalue weighted by atomic mass is 16.5. The third-order valence-electron chi connectivity index (χ3n) is 3.15. The molecule has 0 aliphatic carbocycles. The quantitative estimate of drug-likeness (QED) is 0.733. The molecule has 0 amide bonds. The van der Waals surface area contributed by atoms with E-state index in [0.717, 1.165) is 24.5 Å². The van der Waals surface area contributed by atoms with Gasteiger partial charge < -0.3 is 9.47 Å². The summed E-state index contributed by atoms with van der Waals surface area (Å²) in [6.45, 7) is 7.77. The van der Waals surface area contributed by atoms with Gasteiger partial charge in [0.15, 0.2) is 0 Å². The molecule has 2 heteroatoms. The number of benzene rings is 2. The maximum absolute atomic E-state index is 5.70. The zero-order valence-corrected chi connectivity index (χ0v) is 13.1. The van der Waals surface area contributed by atoms with Gasteiger partial charge in [-0.05, 0) is 54.7 Å². The summed E-state index contributed by atoms with van der Waals surface area (Å²) in [7, 11) is 0. The van der Waals surface area contributed by atoms with Gasteiger partial charge in [0.1, 0.15) is 11.5 Å². The second-order valence-electron chi connectivity index (χ2n) is 5.60. The minimum atomic E-state index is 0.550. The van der Waals surface area contributed by atoms with Gasteiger partial charge in [0.25, 0.3) is 0 Å². The molecule has 21 heavy (non-hydrogen) atoms. The summed E-state index contributed by atoms with van der Waals surface area (Å²) in [5, 5.41) is 0. The van der Waals surface area contributed by atoms with Crippen molar-refractivity contribution in [3.63, 3.8) is 0 Å². The summed E-state index contributed by atoms with van der Waals surface area (Å²) in [6.07, 6.45) is 0.927. The highest BCUT2D eigenvalue weighted by molar-refractivity contribution is 5.34. The number of hydrogen-bond acceptors (Lipinski definition) is 2. The van der Waals surface area contributed by atoms with Crippen molar-refractivity contribution in [1.29, 1.82) is 0 Å². The molecule has 0 bridgehead atoms. The average Bonchev–Trinajstić information content (AvgIpc) is 2.49. The van der Waals surface area contributed by atoms with Crippen molar-refractivity contribution in [3.05, 3.63) is 59.7 Å². The van der Waals surface area contributed by atoms with E-state index in [1.807, 2.05) is 31.2 Å². The van der Waals surface area contributed by atoms with Crippen molar-refractivity contribution in [2.24, 2.45) is 5.92 Å². The fourth-order valence-corrected chi connectivity index (χ4v) is 2.07. The summed E-state index contributed by atoms with van der Waals surface area (Å²) in [5.74, 6) is 2.42. The molecule has 112 valence electrons. The van der Waals surface area contributed by atoms with E-state index in [0.29, 0.717) is 12.5 Å². The molecule has 0 radical (unpaired) electrons. The van der Waals surface area contributed by atoms with E-state index in [2.05, 4.69) is 38.1 Å². The predicted octanol–water partition coefficient (Wildman–Crippen LogP) is 4.71. The second-order valence-corrected chi connectivity index (χ2v) is 5.60. The molecule has 2 aromatic rings. The van der Waals surface area contributed by atoms with E-state index in [9.17, 15) is 0 Å². The lowest BCUT2D eigenvalue weighted by atomic mass is 10.0. The molecular formula is C19H24O2. The summed E-state index contributed by atoms with van der Waals surface area (Å²) in [6, 6.07) is 16.6. The van der Waals surface area contributed by atoms with Crippen LogP contribution in [0.4, 0.5) is 0 Å². The van der Waals surface area contributed by atoms with Crippen LogP contribution in [0, 0.1) is 5.92 Å². The maximum atomic E-state index is 5.70. The summed E-state index contributed by atoms with van der Waals surface area (Å²) in [5.41, 5.74) is 2.57. The minimum absolute atomic E-state index is 0.550. The van der Waals surface area contributed by atoms with Crippen LogP contribution in [-0.4, -0.2) is 13.2 Å². The minimum Gasteiger partial charge on any atom is -0.494 e. The van der Waals surface area contributed by atoms with Crippen LogP contribution in [0.2, 0.25) is 0 Å². The van der Waals surface area contributed by atoms with E-state index >= 15 is 0 Å². The standard InChI is InChI=1S/C19H24O2/c1-4-20-18-9-5-16(6-10-18)13-17-7-11-19(12-8-17)21-14-15(2)3/h5-12,15H,4,13-14H2,1-3H3. The van der Waals surface area contributed by atoms with Gasteiger partial charge >= 0.3 is 0 Å². The molecule has 0 unspecified atom stereocenters. The Bertz CT molecular complexity index is 526. The van der Waals surface area contributed by atoms with Gasteiger partial charge in [-0.15, -0.1) is 0 Å². The molecule has 2 aromatic carbocycles. The van der Waals surface area contributed by atoms with Crippen molar-refractivity contribution in [3.8, 4) is 11.5 Å². The molecule has 0 atom stereocenters. The van der Waals surface area contributed by atoms with Crippen molar-refractivity contribution in [2.75, 3.05) is 13.2 Å². The van der Waals surface area contributed by atoms with Crippen molar-refractivity contribution in [1.82, 2.24) is 0 Å². The van der Waals surface area contributed by atoms with Gasteiger partial charge in [0, 0.05) is 0 Å². The van der Waals surface area contributed by atoms with Crippen LogP contribution in [0.15, 0.2) is 48.5 Å². The van der Waals surface area contributed by atoms with Crippen LogP contribution in [0.25, 0.3) is 0 Å². The van der Waals surface area contributed by atoms with Gasteiger partial charge in [-0.3, -0.25) is 0 Å². The first-order valence-electron chi connectivity index (χ1n) is 7.61. The zero-order valence-electron chi connectivity index (χ0n) is 13.1. The number of ether oxygens (including phenoxy) is 2. The van der Waals surface area contributed by atoms with E-state index < -0.39 is 0 Å². The van der Waals surface area contributed by atoms with E-state index in [-0.39, 0.29) is 0 Å². The van der Waals surface area contributed by atoms with E-state index in [1.165, 1.54) is 11.1 Å². The monoisotopic (exact) mass is 284 g/mol. The topological polar surface area (TPSA) is 18.5 Å². The lowest BCUT2D eigenvalue weighted by molar-refractivity contribution is 0.271. The Hall–Kier alpha value is -1.96. The lowest BCUT2D eigenvalue weighted by Gasteiger charge is -2.09. The third-order valence-corrected chi connectivity index (χ3v) is 3.15. The Labute approximate surface area is 127 Å². The van der Waals surface area contributed by atoms with E-state index in [4.69, 9.17) is 9.47 Å². The van der Waals surface area contributed by atoms with Crippen molar-refractivity contribution < 1.29 is 9.47 Å².